The van der Waals surface area contributed by atoms with Crippen molar-refractivity contribution in [2.45, 2.75) is 19.8 Å². The van der Waals surface area contributed by atoms with Crippen LogP contribution in [-0.4, -0.2) is 19.0 Å². The summed E-state index contributed by atoms with van der Waals surface area (Å²) in [5, 5.41) is 0. The van der Waals surface area contributed by atoms with Crippen LogP contribution < -0.4 is 4.90 Å². The molecule has 0 N–H and O–H groups in total. The predicted molar refractivity (Wildman–Crippen MR) is 146 cm³/mol. The fraction of sp³-hybridized carbons (Fsp3) is 0.125. The Labute approximate surface area is 216 Å². The number of ether oxygens (including phenoxy) is 1. The molecule has 1 aromatic heterocycles. The van der Waals surface area contributed by atoms with Gasteiger partial charge in [-0.2, -0.15) is 0 Å². The van der Waals surface area contributed by atoms with Gasteiger partial charge in [-0.15, -0.1) is 0 Å². The minimum absolute atomic E-state index is 0.104. The van der Waals surface area contributed by atoms with Crippen LogP contribution >= 0.6 is 0 Å². The van der Waals surface area contributed by atoms with Gasteiger partial charge in [0.15, 0.2) is 0 Å². The molecule has 5 rings (SSSR count). The van der Waals surface area contributed by atoms with Crippen molar-refractivity contribution in [3.8, 4) is 11.3 Å². The Morgan fingerprint density at radius 3 is 2.27 bits per heavy atom. The predicted octanol–water partition coefficient (Wildman–Crippen LogP) is 7.33. The average molecular weight is 490 g/mol. The van der Waals surface area contributed by atoms with Crippen molar-refractivity contribution in [1.29, 1.82) is 0 Å². The second kappa shape index (κ2) is 10.2. The molecule has 5 heteroatoms. The number of anilines is 1. The lowest BCUT2D eigenvalue weighted by atomic mass is 10.00. The maximum Gasteiger partial charge on any atom is 0.337 e. The van der Waals surface area contributed by atoms with Crippen LogP contribution in [0, 0.1) is 0 Å². The minimum Gasteiger partial charge on any atom is -0.465 e. The summed E-state index contributed by atoms with van der Waals surface area (Å²) in [6, 6.07) is 28.7. The normalized spacial score (nSPS) is 14.4. The zero-order valence-electron chi connectivity index (χ0n) is 21.0. The standard InChI is InChI=1S/C32H27NO4/c1-21(2)27-11-7-8-12-28(27)33-29(22-9-5-4-6-10-22)20-25(31(33)34)19-26-17-18-30(37-26)23-13-15-24(16-14-23)32(35)36-3/h4-21H,1-3H3/b25-19+. The number of para-hydroxylation sites is 1. The van der Waals surface area contributed by atoms with E-state index in [4.69, 9.17) is 9.15 Å². The van der Waals surface area contributed by atoms with E-state index >= 15 is 0 Å². The summed E-state index contributed by atoms with van der Waals surface area (Å²) in [5.74, 6) is 0.974. The number of rotatable bonds is 6. The molecule has 0 spiro atoms. The maximum absolute atomic E-state index is 13.8. The fourth-order valence-electron chi connectivity index (χ4n) is 4.48. The van der Waals surface area contributed by atoms with Crippen LogP contribution in [0.25, 0.3) is 23.1 Å². The first kappa shape index (κ1) is 24.1. The van der Waals surface area contributed by atoms with Crippen LogP contribution in [0.15, 0.2) is 107 Å². The Morgan fingerprint density at radius 2 is 1.57 bits per heavy atom. The summed E-state index contributed by atoms with van der Waals surface area (Å²) in [6.07, 6.45) is 3.69. The van der Waals surface area contributed by atoms with E-state index in [1.165, 1.54) is 7.11 Å². The van der Waals surface area contributed by atoms with Gasteiger partial charge in [0, 0.05) is 11.1 Å². The molecule has 0 saturated heterocycles. The Bertz CT molecular complexity index is 1510. The smallest absolute Gasteiger partial charge is 0.337 e. The van der Waals surface area contributed by atoms with E-state index in [9.17, 15) is 9.59 Å². The molecule has 1 amide bonds. The van der Waals surface area contributed by atoms with E-state index in [0.29, 0.717) is 22.7 Å². The largest absolute Gasteiger partial charge is 0.465 e. The van der Waals surface area contributed by atoms with Gasteiger partial charge in [0.25, 0.3) is 5.91 Å². The highest BCUT2D eigenvalue weighted by Crippen LogP contribution is 2.39. The summed E-state index contributed by atoms with van der Waals surface area (Å²) >= 11 is 0. The van der Waals surface area contributed by atoms with Gasteiger partial charge in [0.2, 0.25) is 0 Å². The molecule has 0 saturated carbocycles. The Kier molecular flexibility index (Phi) is 6.60. The lowest BCUT2D eigenvalue weighted by Crippen LogP contribution is -2.26. The maximum atomic E-state index is 13.8. The van der Waals surface area contributed by atoms with Crippen molar-refractivity contribution < 1.29 is 18.7 Å². The van der Waals surface area contributed by atoms with Gasteiger partial charge in [-0.1, -0.05) is 74.5 Å². The lowest BCUT2D eigenvalue weighted by Gasteiger charge is -2.25. The van der Waals surface area contributed by atoms with Gasteiger partial charge in [-0.25, -0.2) is 4.79 Å². The molecule has 0 radical (unpaired) electrons. The van der Waals surface area contributed by atoms with E-state index in [2.05, 4.69) is 19.9 Å². The molecule has 0 atom stereocenters. The molecule has 1 aliphatic heterocycles. The first-order valence-corrected chi connectivity index (χ1v) is 12.2. The topological polar surface area (TPSA) is 59.8 Å². The summed E-state index contributed by atoms with van der Waals surface area (Å²) < 4.78 is 10.8. The Hall–Kier alpha value is -4.64. The quantitative estimate of drug-likeness (QED) is 0.210. The van der Waals surface area contributed by atoms with Crippen molar-refractivity contribution in [2.24, 2.45) is 0 Å². The van der Waals surface area contributed by atoms with E-state index in [-0.39, 0.29) is 17.8 Å². The van der Waals surface area contributed by atoms with Gasteiger partial charge < -0.3 is 9.15 Å². The summed E-state index contributed by atoms with van der Waals surface area (Å²) in [4.78, 5) is 27.3. The number of methoxy groups -OCH3 is 1. The molecular formula is C32H27NO4. The van der Waals surface area contributed by atoms with Crippen molar-refractivity contribution in [3.63, 3.8) is 0 Å². The summed E-state index contributed by atoms with van der Waals surface area (Å²) in [6.45, 7) is 4.26. The molecule has 1 aliphatic rings. The third-order valence-corrected chi connectivity index (χ3v) is 6.37. The zero-order chi connectivity index (χ0) is 25.9. The average Bonchev–Trinajstić information content (AvgIpc) is 3.53. The Morgan fingerprint density at radius 1 is 0.865 bits per heavy atom. The highest BCUT2D eigenvalue weighted by Gasteiger charge is 2.32. The molecular weight excluding hydrogens is 462 g/mol. The second-order valence-electron chi connectivity index (χ2n) is 9.12. The van der Waals surface area contributed by atoms with Gasteiger partial charge in [0.1, 0.15) is 11.5 Å². The minimum atomic E-state index is -0.388. The number of carbonyl (C=O) groups excluding carboxylic acids is 2. The highest BCUT2D eigenvalue weighted by atomic mass is 16.5. The van der Waals surface area contributed by atoms with Crippen molar-refractivity contribution in [1.82, 2.24) is 0 Å². The number of hydrogen-bond acceptors (Lipinski definition) is 4. The van der Waals surface area contributed by atoms with E-state index in [0.717, 1.165) is 28.1 Å². The number of hydrogen-bond donors (Lipinski definition) is 0. The highest BCUT2D eigenvalue weighted by molar-refractivity contribution is 6.23. The number of nitrogens with zero attached hydrogens (tertiary/aromatic N) is 1. The fourth-order valence-corrected chi connectivity index (χ4v) is 4.48. The van der Waals surface area contributed by atoms with Gasteiger partial charge in [-0.05, 0) is 59.5 Å². The van der Waals surface area contributed by atoms with Crippen molar-refractivity contribution >= 4 is 29.3 Å². The van der Waals surface area contributed by atoms with Crippen LogP contribution in [0.2, 0.25) is 0 Å². The van der Waals surface area contributed by atoms with Crippen LogP contribution in [0.3, 0.4) is 0 Å². The lowest BCUT2D eigenvalue weighted by molar-refractivity contribution is -0.113. The van der Waals surface area contributed by atoms with Crippen LogP contribution in [0.5, 0.6) is 0 Å². The molecule has 3 aromatic carbocycles. The van der Waals surface area contributed by atoms with Crippen LogP contribution in [0.1, 0.15) is 47.0 Å². The number of carbonyl (C=O) groups is 2. The molecule has 37 heavy (non-hydrogen) atoms. The first-order chi connectivity index (χ1) is 18.0. The van der Waals surface area contributed by atoms with Crippen molar-refractivity contribution in [3.05, 3.63) is 125 Å². The van der Waals surface area contributed by atoms with Gasteiger partial charge in [-0.3, -0.25) is 9.69 Å². The summed E-state index contributed by atoms with van der Waals surface area (Å²) in [5.41, 5.74) is 5.61. The summed E-state index contributed by atoms with van der Waals surface area (Å²) in [7, 11) is 1.35. The third kappa shape index (κ3) is 4.76. The van der Waals surface area contributed by atoms with E-state index in [1.807, 2.05) is 66.7 Å². The van der Waals surface area contributed by atoms with E-state index in [1.54, 1.807) is 35.2 Å². The van der Waals surface area contributed by atoms with E-state index < -0.39 is 0 Å². The first-order valence-electron chi connectivity index (χ1n) is 12.2. The molecule has 0 unspecified atom stereocenters. The molecule has 2 heterocycles. The van der Waals surface area contributed by atoms with Crippen LogP contribution in [0.4, 0.5) is 5.69 Å². The number of amides is 1. The number of esters is 1. The van der Waals surface area contributed by atoms with Gasteiger partial charge >= 0.3 is 5.97 Å². The molecule has 4 aromatic rings. The molecule has 5 nitrogen and oxygen atoms in total. The molecule has 0 aliphatic carbocycles. The number of benzene rings is 3. The molecule has 0 fully saturated rings. The SMILES string of the molecule is COC(=O)c1ccc(-c2ccc(/C=C3\C=C(c4ccccc4)N(c4ccccc4C(C)C)C3=O)o2)cc1. The van der Waals surface area contributed by atoms with Crippen LogP contribution in [-0.2, 0) is 9.53 Å². The monoisotopic (exact) mass is 489 g/mol. The molecule has 184 valence electrons. The third-order valence-electron chi connectivity index (χ3n) is 6.37. The second-order valence-corrected chi connectivity index (χ2v) is 9.12. The van der Waals surface area contributed by atoms with Gasteiger partial charge in [0.05, 0.1) is 24.1 Å². The molecule has 0 bridgehead atoms. The number of furan rings is 1. The zero-order valence-corrected chi connectivity index (χ0v) is 21.0. The Balaban J connectivity index is 1.52. The van der Waals surface area contributed by atoms with Crippen molar-refractivity contribution in [2.75, 3.05) is 12.0 Å².